The van der Waals surface area contributed by atoms with E-state index in [9.17, 15) is 4.79 Å². The number of ether oxygens (including phenoxy) is 2. The number of carbonyl (C=O) groups is 1. The number of methoxy groups -OCH3 is 1. The Kier molecular flexibility index (Phi) is 5.97. The van der Waals surface area contributed by atoms with E-state index in [1.165, 1.54) is 12.8 Å². The van der Waals surface area contributed by atoms with Crippen LogP contribution in [0, 0.1) is 6.92 Å². The zero-order valence-corrected chi connectivity index (χ0v) is 17.2. The van der Waals surface area contributed by atoms with Crippen molar-refractivity contribution in [2.45, 2.75) is 38.6 Å². The molecule has 4 rings (SSSR count). The number of nitrogens with one attached hydrogen (secondary N) is 1. The summed E-state index contributed by atoms with van der Waals surface area (Å²) in [4.78, 5) is 16.6. The molecule has 0 bridgehead atoms. The van der Waals surface area contributed by atoms with E-state index in [0.717, 1.165) is 29.5 Å². The molecule has 0 spiro atoms. The molecule has 1 amide bonds. The third kappa shape index (κ3) is 4.62. The van der Waals surface area contributed by atoms with Gasteiger partial charge < -0.3 is 19.3 Å². The fourth-order valence-corrected chi connectivity index (χ4v) is 3.56. The van der Waals surface area contributed by atoms with Crippen LogP contribution in [-0.4, -0.2) is 35.8 Å². The van der Waals surface area contributed by atoms with Crippen molar-refractivity contribution in [2.75, 3.05) is 13.7 Å². The molecule has 3 aromatic rings. The molecule has 1 saturated carbocycles. The fourth-order valence-electron chi connectivity index (χ4n) is 3.56. The predicted molar refractivity (Wildman–Crippen MR) is 112 cm³/mol. The highest BCUT2D eigenvalue weighted by Crippen LogP contribution is 2.32. The molecular formula is C23H25N3O4. The van der Waals surface area contributed by atoms with Crippen LogP contribution in [0.25, 0.3) is 22.8 Å². The van der Waals surface area contributed by atoms with E-state index in [-0.39, 0.29) is 18.6 Å². The van der Waals surface area contributed by atoms with Crippen LogP contribution >= 0.6 is 0 Å². The van der Waals surface area contributed by atoms with Gasteiger partial charge in [-0.15, -0.1) is 0 Å². The Hall–Kier alpha value is -3.35. The minimum Gasteiger partial charge on any atom is -0.493 e. The molecule has 1 heterocycles. The highest BCUT2D eigenvalue weighted by Gasteiger charge is 2.18. The number of hydrogen-bond donors (Lipinski definition) is 1. The van der Waals surface area contributed by atoms with Crippen molar-refractivity contribution < 1.29 is 18.8 Å². The van der Waals surface area contributed by atoms with E-state index in [1.807, 2.05) is 37.3 Å². The molecule has 2 aromatic carbocycles. The molecule has 0 radical (unpaired) electrons. The topological polar surface area (TPSA) is 86.5 Å². The largest absolute Gasteiger partial charge is 0.493 e. The Morgan fingerprint density at radius 3 is 2.57 bits per heavy atom. The van der Waals surface area contributed by atoms with Crippen LogP contribution in [0.2, 0.25) is 0 Å². The zero-order chi connectivity index (χ0) is 20.9. The number of aromatic nitrogens is 2. The SMILES string of the molecule is COc1cc(-c2noc(-c3ccc(C)cc3)n2)ccc1OCC(=O)NC1CCCC1. The Bertz CT molecular complexity index is 1010. The lowest BCUT2D eigenvalue weighted by Gasteiger charge is -2.14. The zero-order valence-electron chi connectivity index (χ0n) is 17.2. The lowest BCUT2D eigenvalue weighted by molar-refractivity contribution is -0.123. The van der Waals surface area contributed by atoms with Crippen LogP contribution in [0.4, 0.5) is 0 Å². The van der Waals surface area contributed by atoms with Crippen molar-refractivity contribution in [3.63, 3.8) is 0 Å². The van der Waals surface area contributed by atoms with E-state index < -0.39 is 0 Å². The van der Waals surface area contributed by atoms with E-state index in [1.54, 1.807) is 19.2 Å². The minimum absolute atomic E-state index is 0.0496. The summed E-state index contributed by atoms with van der Waals surface area (Å²) < 4.78 is 16.5. The highest BCUT2D eigenvalue weighted by molar-refractivity contribution is 5.78. The number of aryl methyl sites for hydroxylation is 1. The van der Waals surface area contributed by atoms with Gasteiger partial charge in [-0.1, -0.05) is 35.7 Å². The van der Waals surface area contributed by atoms with Crippen LogP contribution < -0.4 is 14.8 Å². The maximum atomic E-state index is 12.1. The standard InChI is InChI=1S/C23H25N3O4/c1-15-7-9-16(10-8-15)23-25-22(26-30-23)17-11-12-19(20(13-17)28-2)29-14-21(27)24-18-5-3-4-6-18/h7-13,18H,3-6,14H2,1-2H3,(H,24,27). The van der Waals surface area contributed by atoms with Crippen molar-refractivity contribution >= 4 is 5.91 Å². The molecule has 0 unspecified atom stereocenters. The van der Waals surface area contributed by atoms with E-state index >= 15 is 0 Å². The van der Waals surface area contributed by atoms with Gasteiger partial charge in [0.25, 0.3) is 11.8 Å². The quantitative estimate of drug-likeness (QED) is 0.633. The second kappa shape index (κ2) is 8.98. The van der Waals surface area contributed by atoms with Crippen LogP contribution in [-0.2, 0) is 4.79 Å². The summed E-state index contributed by atoms with van der Waals surface area (Å²) in [5.41, 5.74) is 2.76. The third-order valence-electron chi connectivity index (χ3n) is 5.23. The molecular weight excluding hydrogens is 382 g/mol. The van der Waals surface area contributed by atoms with Crippen molar-refractivity contribution in [1.29, 1.82) is 0 Å². The molecule has 0 atom stereocenters. The van der Waals surface area contributed by atoms with Gasteiger partial charge in [0.05, 0.1) is 7.11 Å². The van der Waals surface area contributed by atoms with Crippen LogP contribution in [0.1, 0.15) is 31.2 Å². The number of nitrogens with zero attached hydrogens (tertiary/aromatic N) is 2. The Morgan fingerprint density at radius 2 is 1.83 bits per heavy atom. The van der Waals surface area contributed by atoms with Crippen molar-refractivity contribution in [1.82, 2.24) is 15.5 Å². The highest BCUT2D eigenvalue weighted by atomic mass is 16.5. The van der Waals surface area contributed by atoms with Crippen molar-refractivity contribution in [3.05, 3.63) is 48.0 Å². The third-order valence-corrected chi connectivity index (χ3v) is 5.23. The van der Waals surface area contributed by atoms with Crippen LogP contribution in [0.3, 0.4) is 0 Å². The molecule has 156 valence electrons. The number of rotatable bonds is 7. The Balaban J connectivity index is 1.44. The average Bonchev–Trinajstić information content (AvgIpc) is 3.45. The van der Waals surface area contributed by atoms with Gasteiger partial charge in [-0.05, 0) is 50.1 Å². The molecule has 7 nitrogen and oxygen atoms in total. The normalized spacial score (nSPS) is 13.9. The summed E-state index contributed by atoms with van der Waals surface area (Å²) in [5.74, 6) is 1.78. The molecule has 1 aromatic heterocycles. The first-order chi connectivity index (χ1) is 14.6. The second-order valence-electron chi connectivity index (χ2n) is 7.49. The first kappa shape index (κ1) is 19.9. The monoisotopic (exact) mass is 407 g/mol. The molecule has 30 heavy (non-hydrogen) atoms. The summed E-state index contributed by atoms with van der Waals surface area (Å²) in [5, 5.41) is 7.08. The maximum absolute atomic E-state index is 12.1. The molecule has 1 aliphatic carbocycles. The van der Waals surface area contributed by atoms with E-state index in [4.69, 9.17) is 14.0 Å². The minimum atomic E-state index is -0.117. The Morgan fingerprint density at radius 1 is 1.10 bits per heavy atom. The molecule has 1 fully saturated rings. The first-order valence-corrected chi connectivity index (χ1v) is 10.1. The van der Waals surface area contributed by atoms with E-state index in [0.29, 0.717) is 23.2 Å². The second-order valence-corrected chi connectivity index (χ2v) is 7.49. The molecule has 1 aliphatic rings. The van der Waals surface area contributed by atoms with Gasteiger partial charge in [-0.2, -0.15) is 4.98 Å². The summed E-state index contributed by atoms with van der Waals surface area (Å²) in [7, 11) is 1.55. The molecule has 1 N–H and O–H groups in total. The number of carbonyl (C=O) groups excluding carboxylic acids is 1. The van der Waals surface area contributed by atoms with Crippen molar-refractivity contribution in [2.24, 2.45) is 0 Å². The molecule has 0 saturated heterocycles. The fraction of sp³-hybridized carbons (Fsp3) is 0.348. The lowest BCUT2D eigenvalue weighted by atomic mass is 10.1. The number of amides is 1. The van der Waals surface area contributed by atoms with Crippen molar-refractivity contribution in [3.8, 4) is 34.3 Å². The average molecular weight is 407 g/mol. The van der Waals surface area contributed by atoms with Gasteiger partial charge in [0.1, 0.15) is 0 Å². The summed E-state index contributed by atoms with van der Waals surface area (Å²) in [6, 6.07) is 13.5. The van der Waals surface area contributed by atoms with Gasteiger partial charge in [-0.25, -0.2) is 0 Å². The maximum Gasteiger partial charge on any atom is 0.258 e. The summed E-state index contributed by atoms with van der Waals surface area (Å²) >= 11 is 0. The van der Waals surface area contributed by atoms with Gasteiger partial charge in [0.15, 0.2) is 18.1 Å². The smallest absolute Gasteiger partial charge is 0.258 e. The summed E-state index contributed by atoms with van der Waals surface area (Å²) in [6.45, 7) is 1.98. The van der Waals surface area contributed by atoms with E-state index in [2.05, 4.69) is 15.5 Å². The van der Waals surface area contributed by atoms with Crippen LogP contribution in [0.15, 0.2) is 47.0 Å². The van der Waals surface area contributed by atoms with Gasteiger partial charge >= 0.3 is 0 Å². The van der Waals surface area contributed by atoms with Crippen LogP contribution in [0.5, 0.6) is 11.5 Å². The Labute approximate surface area is 175 Å². The number of hydrogen-bond acceptors (Lipinski definition) is 6. The van der Waals surface area contributed by atoms with Gasteiger partial charge in [-0.3, -0.25) is 4.79 Å². The lowest BCUT2D eigenvalue weighted by Crippen LogP contribution is -2.36. The number of benzene rings is 2. The summed E-state index contributed by atoms with van der Waals surface area (Å²) in [6.07, 6.45) is 4.42. The predicted octanol–water partition coefficient (Wildman–Crippen LogP) is 4.16. The first-order valence-electron chi connectivity index (χ1n) is 10.1. The molecule has 7 heteroatoms. The van der Waals surface area contributed by atoms with Gasteiger partial charge in [0.2, 0.25) is 5.82 Å². The molecule has 0 aliphatic heterocycles. The van der Waals surface area contributed by atoms with Gasteiger partial charge in [0, 0.05) is 17.2 Å².